The molecule has 0 aromatic heterocycles. The highest BCUT2D eigenvalue weighted by Gasteiger charge is 2.05. The van der Waals surface area contributed by atoms with Crippen molar-refractivity contribution in [3.8, 4) is 11.1 Å². The summed E-state index contributed by atoms with van der Waals surface area (Å²) in [5, 5.41) is 0.788. The Hall–Kier alpha value is -0.790. The molecule has 0 aliphatic carbocycles. The van der Waals surface area contributed by atoms with Crippen molar-refractivity contribution < 1.29 is 0 Å². The summed E-state index contributed by atoms with van der Waals surface area (Å²) >= 11 is 9.44. The van der Waals surface area contributed by atoms with Crippen LogP contribution in [0.2, 0.25) is 5.02 Å². The van der Waals surface area contributed by atoms with Crippen LogP contribution in [0.5, 0.6) is 0 Å². The number of aryl methyl sites for hydroxylation is 2. The lowest BCUT2D eigenvalue weighted by Crippen LogP contribution is -1.87. The topological polar surface area (TPSA) is 0 Å². The van der Waals surface area contributed by atoms with Crippen molar-refractivity contribution in [1.82, 2.24) is 0 Å². The average molecular weight is 296 g/mol. The average Bonchev–Trinajstić information content (AvgIpc) is 2.19. The third-order valence-corrected chi connectivity index (χ3v) is 3.40. The van der Waals surface area contributed by atoms with Crippen LogP contribution in [0, 0.1) is 13.8 Å². The first-order valence-corrected chi connectivity index (χ1v) is 6.27. The minimum Gasteiger partial charge on any atom is -0.0843 e. The molecule has 2 aromatic carbocycles. The van der Waals surface area contributed by atoms with Crippen LogP contribution in [0.15, 0.2) is 40.9 Å². The van der Waals surface area contributed by atoms with E-state index in [1.165, 1.54) is 22.3 Å². The van der Waals surface area contributed by atoms with Gasteiger partial charge < -0.3 is 0 Å². The SMILES string of the molecule is Cc1cc(Cl)ccc1-c1ccc(Br)cc1C. The maximum absolute atomic E-state index is 5.96. The third-order valence-electron chi connectivity index (χ3n) is 2.67. The molecule has 2 rings (SSSR count). The molecule has 2 aromatic rings. The van der Waals surface area contributed by atoms with Gasteiger partial charge in [-0.05, 0) is 60.4 Å². The summed E-state index contributed by atoms with van der Waals surface area (Å²) in [6, 6.07) is 12.3. The van der Waals surface area contributed by atoms with Crippen LogP contribution in [-0.2, 0) is 0 Å². The standard InChI is InChI=1S/C14H12BrCl/c1-9-7-11(15)3-5-13(9)14-6-4-12(16)8-10(14)2/h3-8H,1-2H3. The van der Waals surface area contributed by atoms with E-state index in [4.69, 9.17) is 11.6 Å². The smallest absolute Gasteiger partial charge is 0.0409 e. The molecule has 16 heavy (non-hydrogen) atoms. The largest absolute Gasteiger partial charge is 0.0843 e. The summed E-state index contributed by atoms with van der Waals surface area (Å²) < 4.78 is 1.11. The molecule has 0 unspecified atom stereocenters. The molecule has 0 heterocycles. The molecule has 0 saturated heterocycles. The highest BCUT2D eigenvalue weighted by Crippen LogP contribution is 2.30. The maximum Gasteiger partial charge on any atom is 0.0409 e. The van der Waals surface area contributed by atoms with Crippen molar-refractivity contribution in [3.05, 3.63) is 57.0 Å². The minimum absolute atomic E-state index is 0.788. The lowest BCUT2D eigenvalue weighted by Gasteiger charge is -2.10. The quantitative estimate of drug-likeness (QED) is 0.662. The Bertz CT molecular complexity index is 483. The van der Waals surface area contributed by atoms with Crippen LogP contribution < -0.4 is 0 Å². The van der Waals surface area contributed by atoms with Crippen molar-refractivity contribution in [3.63, 3.8) is 0 Å². The van der Waals surface area contributed by atoms with Crippen molar-refractivity contribution >= 4 is 27.5 Å². The number of halogens is 2. The van der Waals surface area contributed by atoms with Gasteiger partial charge in [0.05, 0.1) is 0 Å². The molecular formula is C14H12BrCl. The molecule has 0 aliphatic heterocycles. The predicted octanol–water partition coefficient (Wildman–Crippen LogP) is 5.39. The van der Waals surface area contributed by atoms with E-state index in [1.807, 2.05) is 12.1 Å². The van der Waals surface area contributed by atoms with E-state index in [0.717, 1.165) is 9.50 Å². The first-order chi connectivity index (χ1) is 7.58. The fourth-order valence-electron chi connectivity index (χ4n) is 1.86. The Morgan fingerprint density at radius 1 is 0.875 bits per heavy atom. The molecule has 0 radical (unpaired) electrons. The molecule has 0 N–H and O–H groups in total. The Kier molecular flexibility index (Phi) is 3.36. The predicted molar refractivity (Wildman–Crippen MR) is 74.1 cm³/mol. The van der Waals surface area contributed by atoms with Crippen molar-refractivity contribution in [2.45, 2.75) is 13.8 Å². The third kappa shape index (κ3) is 2.31. The van der Waals surface area contributed by atoms with Gasteiger partial charge in [-0.1, -0.05) is 39.7 Å². The molecule has 0 atom stereocenters. The molecular weight excluding hydrogens is 284 g/mol. The van der Waals surface area contributed by atoms with Crippen molar-refractivity contribution in [2.75, 3.05) is 0 Å². The van der Waals surface area contributed by atoms with Gasteiger partial charge in [0.25, 0.3) is 0 Å². The molecule has 0 bridgehead atoms. The fourth-order valence-corrected chi connectivity index (χ4v) is 2.56. The zero-order valence-corrected chi connectivity index (χ0v) is 11.6. The van der Waals surface area contributed by atoms with Crippen LogP contribution in [0.1, 0.15) is 11.1 Å². The lowest BCUT2D eigenvalue weighted by atomic mass is 9.97. The number of benzene rings is 2. The molecule has 0 nitrogen and oxygen atoms in total. The molecule has 0 aliphatic rings. The highest BCUT2D eigenvalue weighted by atomic mass is 79.9. The molecule has 82 valence electrons. The number of hydrogen-bond acceptors (Lipinski definition) is 0. The summed E-state index contributed by atoms with van der Waals surface area (Å²) in [5.41, 5.74) is 4.98. The lowest BCUT2D eigenvalue weighted by molar-refractivity contribution is 1.40. The van der Waals surface area contributed by atoms with E-state index >= 15 is 0 Å². The second-order valence-electron chi connectivity index (χ2n) is 3.92. The zero-order chi connectivity index (χ0) is 11.7. The molecule has 0 fully saturated rings. The van der Waals surface area contributed by atoms with Gasteiger partial charge in [-0.3, -0.25) is 0 Å². The van der Waals surface area contributed by atoms with E-state index < -0.39 is 0 Å². The molecule has 0 spiro atoms. The molecule has 0 saturated carbocycles. The van der Waals surface area contributed by atoms with Crippen LogP contribution in [0.4, 0.5) is 0 Å². The van der Waals surface area contributed by atoms with E-state index in [9.17, 15) is 0 Å². The van der Waals surface area contributed by atoms with Crippen LogP contribution >= 0.6 is 27.5 Å². The summed E-state index contributed by atoms with van der Waals surface area (Å²) in [7, 11) is 0. The van der Waals surface area contributed by atoms with E-state index in [1.54, 1.807) is 0 Å². The van der Waals surface area contributed by atoms with Crippen LogP contribution in [-0.4, -0.2) is 0 Å². The van der Waals surface area contributed by atoms with Crippen molar-refractivity contribution in [2.24, 2.45) is 0 Å². The Balaban J connectivity index is 2.59. The normalized spacial score (nSPS) is 10.5. The maximum atomic E-state index is 5.96. The summed E-state index contributed by atoms with van der Waals surface area (Å²) in [6.07, 6.45) is 0. The van der Waals surface area contributed by atoms with Gasteiger partial charge in [-0.25, -0.2) is 0 Å². The second kappa shape index (κ2) is 4.60. The molecule has 2 heteroatoms. The van der Waals surface area contributed by atoms with Crippen LogP contribution in [0.25, 0.3) is 11.1 Å². The Morgan fingerprint density at radius 3 is 2.00 bits per heavy atom. The van der Waals surface area contributed by atoms with Gasteiger partial charge in [0.15, 0.2) is 0 Å². The minimum atomic E-state index is 0.788. The summed E-state index contributed by atoms with van der Waals surface area (Å²) in [5.74, 6) is 0. The van der Waals surface area contributed by atoms with Gasteiger partial charge >= 0.3 is 0 Å². The van der Waals surface area contributed by atoms with E-state index in [-0.39, 0.29) is 0 Å². The first-order valence-electron chi connectivity index (χ1n) is 5.10. The fraction of sp³-hybridized carbons (Fsp3) is 0.143. The molecule has 0 amide bonds. The Labute approximate surface area is 109 Å². The monoisotopic (exact) mass is 294 g/mol. The first kappa shape index (κ1) is 11.7. The van der Waals surface area contributed by atoms with E-state index in [2.05, 4.69) is 54.0 Å². The van der Waals surface area contributed by atoms with Gasteiger partial charge in [0.2, 0.25) is 0 Å². The second-order valence-corrected chi connectivity index (χ2v) is 5.27. The van der Waals surface area contributed by atoms with Gasteiger partial charge in [0.1, 0.15) is 0 Å². The van der Waals surface area contributed by atoms with Gasteiger partial charge in [-0.15, -0.1) is 0 Å². The van der Waals surface area contributed by atoms with Crippen molar-refractivity contribution in [1.29, 1.82) is 0 Å². The van der Waals surface area contributed by atoms with Crippen LogP contribution in [0.3, 0.4) is 0 Å². The number of hydrogen-bond donors (Lipinski definition) is 0. The number of rotatable bonds is 1. The zero-order valence-electron chi connectivity index (χ0n) is 9.22. The van der Waals surface area contributed by atoms with Gasteiger partial charge in [0, 0.05) is 9.50 Å². The Morgan fingerprint density at radius 2 is 1.44 bits per heavy atom. The summed E-state index contributed by atoms with van der Waals surface area (Å²) in [6.45, 7) is 4.21. The van der Waals surface area contributed by atoms with Gasteiger partial charge in [-0.2, -0.15) is 0 Å². The highest BCUT2D eigenvalue weighted by molar-refractivity contribution is 9.10. The summed E-state index contributed by atoms with van der Waals surface area (Å²) in [4.78, 5) is 0. The van der Waals surface area contributed by atoms with E-state index in [0.29, 0.717) is 0 Å².